The monoisotopic (exact) mass is 192 g/mol. The number of carboxylic acid groups (broad SMARTS) is 1. The van der Waals surface area contributed by atoms with Crippen molar-refractivity contribution in [2.45, 2.75) is 0 Å². The van der Waals surface area contributed by atoms with Crippen molar-refractivity contribution in [1.82, 2.24) is 9.97 Å². The Hall–Kier alpha value is -2.24. The Labute approximate surface area is 77.9 Å². The van der Waals surface area contributed by atoms with Gasteiger partial charge in [0.25, 0.3) is 0 Å². The molecule has 1 aliphatic rings. The summed E-state index contributed by atoms with van der Waals surface area (Å²) in [6.45, 7) is 0. The molecule has 0 aromatic carbocycles. The Balaban J connectivity index is 2.54. The molecule has 1 aliphatic heterocycles. The molecule has 70 valence electrons. The highest BCUT2D eigenvalue weighted by Gasteiger charge is 2.29. The van der Waals surface area contributed by atoms with Crippen LogP contribution in [0.25, 0.3) is 5.76 Å². The maximum Gasteiger partial charge on any atom is 0.364 e. The highest BCUT2D eigenvalue weighted by atomic mass is 16.5. The molecule has 14 heavy (non-hydrogen) atoms. The molecule has 0 aliphatic carbocycles. The third kappa shape index (κ3) is 1.22. The molecule has 0 atom stereocenters. The summed E-state index contributed by atoms with van der Waals surface area (Å²) in [6, 6.07) is 0. The van der Waals surface area contributed by atoms with Crippen LogP contribution in [-0.2, 0) is 9.53 Å². The number of carbonyl (C=O) groups excluding carboxylic acids is 1. The average Bonchev–Trinajstić information content (AvgIpc) is 2.44. The fraction of sp³-hybridized carbons (Fsp3) is 0. The van der Waals surface area contributed by atoms with E-state index in [9.17, 15) is 9.59 Å². The molecule has 2 rings (SSSR count). The van der Waals surface area contributed by atoms with Crippen molar-refractivity contribution in [2.75, 3.05) is 0 Å². The minimum Gasteiger partial charge on any atom is -0.478 e. The van der Waals surface area contributed by atoms with Gasteiger partial charge in [0.05, 0.1) is 6.08 Å². The van der Waals surface area contributed by atoms with E-state index in [0.29, 0.717) is 0 Å². The van der Waals surface area contributed by atoms with Gasteiger partial charge < -0.3 is 9.84 Å². The number of carboxylic acids is 1. The van der Waals surface area contributed by atoms with E-state index in [0.717, 1.165) is 6.08 Å². The molecular weight excluding hydrogens is 188 g/mol. The molecule has 0 saturated carbocycles. The van der Waals surface area contributed by atoms with Crippen LogP contribution in [0.1, 0.15) is 16.2 Å². The molecule has 0 amide bonds. The molecule has 1 N–H and O–H groups in total. The first-order valence-corrected chi connectivity index (χ1v) is 3.66. The number of cyclic esters (lactones) is 1. The summed E-state index contributed by atoms with van der Waals surface area (Å²) >= 11 is 0. The lowest BCUT2D eigenvalue weighted by molar-refractivity contribution is -0.131. The van der Waals surface area contributed by atoms with Crippen LogP contribution < -0.4 is 0 Å². The summed E-state index contributed by atoms with van der Waals surface area (Å²) < 4.78 is 4.66. The predicted molar refractivity (Wildman–Crippen MR) is 43.1 cm³/mol. The zero-order valence-corrected chi connectivity index (χ0v) is 6.80. The van der Waals surface area contributed by atoms with Gasteiger partial charge in [0, 0.05) is 12.4 Å². The van der Waals surface area contributed by atoms with Gasteiger partial charge in [-0.2, -0.15) is 0 Å². The number of hydrogen-bond donors (Lipinski definition) is 1. The lowest BCUT2D eigenvalue weighted by Crippen LogP contribution is -1.97. The molecule has 1 aromatic rings. The fourth-order valence-corrected chi connectivity index (χ4v) is 1.07. The van der Waals surface area contributed by atoms with E-state index in [-0.39, 0.29) is 17.1 Å². The van der Waals surface area contributed by atoms with Crippen molar-refractivity contribution >= 4 is 17.7 Å². The third-order valence-electron chi connectivity index (χ3n) is 1.58. The van der Waals surface area contributed by atoms with Gasteiger partial charge in [0.1, 0.15) is 5.69 Å². The van der Waals surface area contributed by atoms with E-state index in [4.69, 9.17) is 5.11 Å². The van der Waals surface area contributed by atoms with Crippen LogP contribution in [0.15, 0.2) is 18.5 Å². The van der Waals surface area contributed by atoms with Crippen LogP contribution in [-0.4, -0.2) is 27.0 Å². The lowest BCUT2D eigenvalue weighted by atomic mass is 10.3. The van der Waals surface area contributed by atoms with Crippen LogP contribution in [0.4, 0.5) is 0 Å². The topological polar surface area (TPSA) is 89.4 Å². The Morgan fingerprint density at radius 3 is 2.64 bits per heavy atom. The van der Waals surface area contributed by atoms with Gasteiger partial charge in [-0.05, 0) is 0 Å². The van der Waals surface area contributed by atoms with Crippen molar-refractivity contribution in [3.8, 4) is 0 Å². The van der Waals surface area contributed by atoms with Crippen molar-refractivity contribution < 1.29 is 19.4 Å². The largest absolute Gasteiger partial charge is 0.478 e. The van der Waals surface area contributed by atoms with E-state index in [1.807, 2.05) is 0 Å². The number of esters is 1. The van der Waals surface area contributed by atoms with Crippen molar-refractivity contribution in [2.24, 2.45) is 0 Å². The van der Waals surface area contributed by atoms with Gasteiger partial charge in [-0.1, -0.05) is 0 Å². The van der Waals surface area contributed by atoms with E-state index >= 15 is 0 Å². The molecule has 6 nitrogen and oxygen atoms in total. The fourth-order valence-electron chi connectivity index (χ4n) is 1.07. The smallest absolute Gasteiger partial charge is 0.364 e. The number of hydrogen-bond acceptors (Lipinski definition) is 5. The first kappa shape index (κ1) is 8.36. The van der Waals surface area contributed by atoms with Crippen LogP contribution in [0.3, 0.4) is 0 Å². The number of rotatable bonds is 1. The average molecular weight is 192 g/mol. The molecule has 0 saturated heterocycles. The van der Waals surface area contributed by atoms with Gasteiger partial charge in [-0.3, -0.25) is 0 Å². The minimum absolute atomic E-state index is 0.0417. The summed E-state index contributed by atoms with van der Waals surface area (Å²) in [4.78, 5) is 29.0. The van der Waals surface area contributed by atoms with E-state index in [2.05, 4.69) is 14.7 Å². The first-order valence-electron chi connectivity index (χ1n) is 3.66. The maximum atomic E-state index is 11.1. The van der Waals surface area contributed by atoms with Crippen molar-refractivity contribution in [3.63, 3.8) is 0 Å². The zero-order chi connectivity index (χ0) is 10.1. The van der Waals surface area contributed by atoms with Gasteiger partial charge in [-0.15, -0.1) is 0 Å². The summed E-state index contributed by atoms with van der Waals surface area (Å²) in [5.41, 5.74) is 0.208. The summed E-state index contributed by atoms with van der Waals surface area (Å²) in [7, 11) is 0. The van der Waals surface area contributed by atoms with Crippen LogP contribution in [0, 0.1) is 0 Å². The second-order valence-electron chi connectivity index (χ2n) is 2.49. The second kappa shape index (κ2) is 2.91. The number of fused-ring (bicyclic) bond motifs is 1. The van der Waals surface area contributed by atoms with E-state index < -0.39 is 11.9 Å². The quantitative estimate of drug-likeness (QED) is 0.500. The molecule has 0 unspecified atom stereocenters. The summed E-state index contributed by atoms with van der Waals surface area (Å²) in [6.07, 6.45) is 3.47. The molecular formula is C8H4N2O4. The Bertz CT molecular complexity index is 452. The highest BCUT2D eigenvalue weighted by Crippen LogP contribution is 2.25. The predicted octanol–water partition coefficient (Wildman–Crippen LogP) is 0.0725. The van der Waals surface area contributed by atoms with Crippen molar-refractivity contribution in [1.29, 1.82) is 0 Å². The molecule has 0 fully saturated rings. The molecule has 0 radical (unpaired) electrons. The number of carbonyl (C=O) groups is 2. The summed E-state index contributed by atoms with van der Waals surface area (Å²) in [5, 5.41) is 8.47. The maximum absolute atomic E-state index is 11.1. The molecule has 0 bridgehead atoms. The van der Waals surface area contributed by atoms with Gasteiger partial charge >= 0.3 is 11.9 Å². The minimum atomic E-state index is -1.20. The molecule has 0 spiro atoms. The van der Waals surface area contributed by atoms with Gasteiger partial charge in [-0.25, -0.2) is 19.6 Å². The molecule has 6 heteroatoms. The number of aromatic nitrogens is 2. The number of nitrogens with zero attached hydrogens (tertiary/aromatic N) is 2. The zero-order valence-electron chi connectivity index (χ0n) is 6.80. The first-order chi connectivity index (χ1) is 6.68. The lowest BCUT2D eigenvalue weighted by Gasteiger charge is -1.92. The van der Waals surface area contributed by atoms with Crippen LogP contribution in [0.5, 0.6) is 0 Å². The van der Waals surface area contributed by atoms with Gasteiger partial charge in [0.15, 0.2) is 11.5 Å². The van der Waals surface area contributed by atoms with Crippen LogP contribution in [0.2, 0.25) is 0 Å². The Morgan fingerprint density at radius 2 is 2.00 bits per heavy atom. The van der Waals surface area contributed by atoms with E-state index in [1.54, 1.807) is 0 Å². The van der Waals surface area contributed by atoms with Gasteiger partial charge in [0.2, 0.25) is 0 Å². The molecule has 1 aromatic heterocycles. The number of aliphatic carboxylic acids is 1. The molecule has 2 heterocycles. The summed E-state index contributed by atoms with van der Waals surface area (Å²) in [5.74, 6) is -1.96. The third-order valence-corrected chi connectivity index (χ3v) is 1.58. The Kier molecular flexibility index (Phi) is 1.74. The normalized spacial score (nSPS) is 16.6. The second-order valence-corrected chi connectivity index (χ2v) is 2.49. The number of ether oxygens (including phenoxy) is 1. The highest BCUT2D eigenvalue weighted by molar-refractivity contribution is 6.03. The van der Waals surface area contributed by atoms with E-state index in [1.165, 1.54) is 12.4 Å². The standard InChI is InChI=1S/C8H4N2O4/c11-5(12)3-4-6-7(8(13)14-4)10-2-1-9-6/h1-3H,(H,11,12). The Morgan fingerprint density at radius 1 is 1.36 bits per heavy atom. The van der Waals surface area contributed by atoms with Crippen LogP contribution >= 0.6 is 0 Å². The SMILES string of the molecule is O=C(O)C=C1OC(=O)c2nccnc21. The van der Waals surface area contributed by atoms with Crippen molar-refractivity contribution in [3.05, 3.63) is 29.9 Å².